The standard InChI is InChI=1S/C14H10F4O2/c1-7-6-10(8(2)20-7)13(19)9-4-3-5-11(12(9)15)14(16,17)18/h3-6H,1-2H3. The molecule has 20 heavy (non-hydrogen) atoms. The molecule has 0 radical (unpaired) electrons. The molecule has 1 aromatic carbocycles. The van der Waals surface area contributed by atoms with E-state index in [9.17, 15) is 22.4 Å². The van der Waals surface area contributed by atoms with Crippen LogP contribution >= 0.6 is 0 Å². The van der Waals surface area contributed by atoms with E-state index in [1.54, 1.807) is 6.92 Å². The molecule has 0 bridgehead atoms. The number of carbonyl (C=O) groups is 1. The normalized spacial score (nSPS) is 11.7. The molecule has 1 heterocycles. The van der Waals surface area contributed by atoms with E-state index in [2.05, 4.69) is 0 Å². The number of benzene rings is 1. The van der Waals surface area contributed by atoms with E-state index < -0.39 is 28.9 Å². The Kier molecular flexibility index (Phi) is 3.41. The molecule has 6 heteroatoms. The van der Waals surface area contributed by atoms with Crippen molar-refractivity contribution in [3.05, 3.63) is 58.3 Å². The van der Waals surface area contributed by atoms with Gasteiger partial charge in [0.15, 0.2) is 5.78 Å². The maximum atomic E-state index is 13.9. The molecule has 2 rings (SSSR count). The van der Waals surface area contributed by atoms with Gasteiger partial charge >= 0.3 is 6.18 Å². The second kappa shape index (κ2) is 4.77. The fourth-order valence-corrected chi connectivity index (χ4v) is 1.93. The number of furan rings is 1. The zero-order valence-corrected chi connectivity index (χ0v) is 10.6. The Bertz CT molecular complexity index is 668. The molecule has 0 fully saturated rings. The summed E-state index contributed by atoms with van der Waals surface area (Å²) in [5.74, 6) is -1.73. The number of aryl methyl sites for hydroxylation is 2. The molecular weight excluding hydrogens is 276 g/mol. The first-order chi connectivity index (χ1) is 9.21. The van der Waals surface area contributed by atoms with Crippen molar-refractivity contribution in [1.82, 2.24) is 0 Å². The van der Waals surface area contributed by atoms with E-state index in [1.165, 1.54) is 13.0 Å². The van der Waals surface area contributed by atoms with Gasteiger partial charge in [0.2, 0.25) is 0 Å². The zero-order chi connectivity index (χ0) is 15.1. The van der Waals surface area contributed by atoms with Crippen LogP contribution in [-0.4, -0.2) is 5.78 Å². The predicted molar refractivity (Wildman–Crippen MR) is 63.0 cm³/mol. The Balaban J connectivity index is 2.54. The Labute approximate surface area is 112 Å². The van der Waals surface area contributed by atoms with Gasteiger partial charge in [0.1, 0.15) is 17.3 Å². The molecule has 0 amide bonds. The van der Waals surface area contributed by atoms with Crippen molar-refractivity contribution < 1.29 is 26.8 Å². The predicted octanol–water partition coefficient (Wildman–Crippen LogP) is 4.29. The number of ketones is 1. The molecule has 0 saturated carbocycles. The van der Waals surface area contributed by atoms with Crippen LogP contribution < -0.4 is 0 Å². The van der Waals surface area contributed by atoms with Gasteiger partial charge in [-0.3, -0.25) is 4.79 Å². The minimum Gasteiger partial charge on any atom is -0.466 e. The van der Waals surface area contributed by atoms with Crippen molar-refractivity contribution in [2.45, 2.75) is 20.0 Å². The topological polar surface area (TPSA) is 30.2 Å². The lowest BCUT2D eigenvalue weighted by molar-refractivity contribution is -0.140. The quantitative estimate of drug-likeness (QED) is 0.609. The van der Waals surface area contributed by atoms with Crippen LogP contribution in [-0.2, 0) is 6.18 Å². The van der Waals surface area contributed by atoms with Crippen LogP contribution in [0.4, 0.5) is 17.6 Å². The molecule has 0 atom stereocenters. The van der Waals surface area contributed by atoms with E-state index >= 15 is 0 Å². The van der Waals surface area contributed by atoms with Crippen LogP contribution in [0.15, 0.2) is 28.7 Å². The average Bonchev–Trinajstić information content (AvgIpc) is 2.66. The summed E-state index contributed by atoms with van der Waals surface area (Å²) in [4.78, 5) is 12.1. The van der Waals surface area contributed by atoms with Gasteiger partial charge in [0, 0.05) is 0 Å². The molecule has 0 spiro atoms. The number of rotatable bonds is 2. The van der Waals surface area contributed by atoms with Crippen LogP contribution in [0.1, 0.15) is 33.0 Å². The summed E-state index contributed by atoms with van der Waals surface area (Å²) in [6.07, 6.45) is -4.85. The van der Waals surface area contributed by atoms with E-state index in [0.717, 1.165) is 12.1 Å². The van der Waals surface area contributed by atoms with Crippen LogP contribution in [0.25, 0.3) is 0 Å². The Hall–Kier alpha value is -2.11. The fraction of sp³-hybridized carbons (Fsp3) is 0.214. The maximum absolute atomic E-state index is 13.9. The summed E-state index contributed by atoms with van der Waals surface area (Å²) in [5, 5.41) is 0. The highest BCUT2D eigenvalue weighted by Gasteiger charge is 2.36. The molecule has 0 unspecified atom stereocenters. The lowest BCUT2D eigenvalue weighted by Gasteiger charge is -2.10. The Morgan fingerprint density at radius 3 is 2.30 bits per heavy atom. The number of alkyl halides is 3. The van der Waals surface area contributed by atoms with E-state index in [-0.39, 0.29) is 11.3 Å². The molecule has 2 aromatic rings. The summed E-state index contributed by atoms with van der Waals surface area (Å²) < 4.78 is 56.8. The smallest absolute Gasteiger partial charge is 0.419 e. The highest BCUT2D eigenvalue weighted by atomic mass is 19.4. The first kappa shape index (κ1) is 14.3. The molecule has 0 aliphatic carbocycles. The third-order valence-electron chi connectivity index (χ3n) is 2.83. The van der Waals surface area contributed by atoms with E-state index in [1.807, 2.05) is 0 Å². The highest BCUT2D eigenvalue weighted by molar-refractivity contribution is 6.10. The molecule has 0 N–H and O–H groups in total. The van der Waals surface area contributed by atoms with Crippen molar-refractivity contribution in [2.75, 3.05) is 0 Å². The van der Waals surface area contributed by atoms with Gasteiger partial charge < -0.3 is 4.42 Å². The molecule has 0 saturated heterocycles. The summed E-state index contributed by atoms with van der Waals surface area (Å²) in [6, 6.07) is 3.99. The average molecular weight is 286 g/mol. The van der Waals surface area contributed by atoms with Gasteiger partial charge in [-0.25, -0.2) is 4.39 Å². The molecule has 106 valence electrons. The number of hydrogen-bond donors (Lipinski definition) is 0. The van der Waals surface area contributed by atoms with Crippen molar-refractivity contribution in [3.63, 3.8) is 0 Å². The van der Waals surface area contributed by atoms with Crippen LogP contribution in [0.3, 0.4) is 0 Å². The van der Waals surface area contributed by atoms with Crippen molar-refractivity contribution in [2.24, 2.45) is 0 Å². The maximum Gasteiger partial charge on any atom is 0.419 e. The zero-order valence-electron chi connectivity index (χ0n) is 10.6. The molecular formula is C14H10F4O2. The van der Waals surface area contributed by atoms with Gasteiger partial charge in [-0.2, -0.15) is 13.2 Å². The molecule has 2 nitrogen and oxygen atoms in total. The summed E-state index contributed by atoms with van der Waals surface area (Å²) in [7, 11) is 0. The molecule has 0 aliphatic rings. The summed E-state index contributed by atoms with van der Waals surface area (Å²) in [5.41, 5.74) is -2.02. The van der Waals surface area contributed by atoms with Crippen LogP contribution in [0.5, 0.6) is 0 Å². The van der Waals surface area contributed by atoms with Gasteiger partial charge in [0.25, 0.3) is 0 Å². The van der Waals surface area contributed by atoms with Crippen molar-refractivity contribution in [1.29, 1.82) is 0 Å². The van der Waals surface area contributed by atoms with E-state index in [0.29, 0.717) is 11.8 Å². The number of hydrogen-bond acceptors (Lipinski definition) is 2. The second-order valence-electron chi connectivity index (χ2n) is 4.32. The Morgan fingerprint density at radius 2 is 1.80 bits per heavy atom. The van der Waals surface area contributed by atoms with E-state index in [4.69, 9.17) is 4.42 Å². The summed E-state index contributed by atoms with van der Waals surface area (Å²) in [6.45, 7) is 3.08. The van der Waals surface area contributed by atoms with Gasteiger partial charge in [0.05, 0.1) is 16.7 Å². The SMILES string of the molecule is Cc1cc(C(=O)c2cccc(C(F)(F)F)c2F)c(C)o1. The third kappa shape index (κ3) is 2.45. The molecule has 1 aromatic heterocycles. The van der Waals surface area contributed by atoms with Crippen molar-refractivity contribution >= 4 is 5.78 Å². The van der Waals surface area contributed by atoms with Gasteiger partial charge in [-0.05, 0) is 32.0 Å². The molecule has 0 aliphatic heterocycles. The first-order valence-corrected chi connectivity index (χ1v) is 5.69. The van der Waals surface area contributed by atoms with Crippen molar-refractivity contribution in [3.8, 4) is 0 Å². The van der Waals surface area contributed by atoms with Crippen LogP contribution in [0, 0.1) is 19.7 Å². The first-order valence-electron chi connectivity index (χ1n) is 5.69. The largest absolute Gasteiger partial charge is 0.466 e. The number of halogens is 4. The monoisotopic (exact) mass is 286 g/mol. The Morgan fingerprint density at radius 1 is 1.15 bits per heavy atom. The lowest BCUT2D eigenvalue weighted by atomic mass is 10.0. The summed E-state index contributed by atoms with van der Waals surface area (Å²) >= 11 is 0. The lowest BCUT2D eigenvalue weighted by Crippen LogP contribution is -2.13. The van der Waals surface area contributed by atoms with Gasteiger partial charge in [-0.15, -0.1) is 0 Å². The van der Waals surface area contributed by atoms with Gasteiger partial charge in [-0.1, -0.05) is 6.07 Å². The van der Waals surface area contributed by atoms with Crippen LogP contribution in [0.2, 0.25) is 0 Å². The minimum absolute atomic E-state index is 0.0562. The second-order valence-corrected chi connectivity index (χ2v) is 4.32. The number of carbonyl (C=O) groups excluding carboxylic acids is 1. The third-order valence-corrected chi connectivity index (χ3v) is 2.83. The minimum atomic E-state index is -4.85. The fourth-order valence-electron chi connectivity index (χ4n) is 1.93. The highest BCUT2D eigenvalue weighted by Crippen LogP contribution is 2.33.